The van der Waals surface area contributed by atoms with Crippen LogP contribution in [0.3, 0.4) is 0 Å². The van der Waals surface area contributed by atoms with Crippen LogP contribution < -0.4 is 5.32 Å². The zero-order chi connectivity index (χ0) is 8.81. The van der Waals surface area contributed by atoms with Gasteiger partial charge in [0.15, 0.2) is 0 Å². The fourth-order valence-corrected chi connectivity index (χ4v) is 0.759. The topological polar surface area (TPSA) is 67.0 Å². The van der Waals surface area contributed by atoms with Crippen LogP contribution in [-0.4, -0.2) is 29.8 Å². The number of aromatic amines is 1. The predicted octanol–water partition coefficient (Wildman–Crippen LogP) is -0.328. The van der Waals surface area contributed by atoms with E-state index in [4.69, 9.17) is 0 Å². The minimum absolute atomic E-state index is 0.0914. The third kappa shape index (κ3) is 2.71. The molecule has 5 heteroatoms. The number of ether oxygens (including phenoxy) is 1. The molecule has 1 amide bonds. The van der Waals surface area contributed by atoms with Crippen LogP contribution in [-0.2, 0) is 16.1 Å². The number of hydrogen-bond donors (Lipinski definition) is 2. The van der Waals surface area contributed by atoms with Gasteiger partial charge in [0.05, 0.1) is 12.2 Å². The van der Waals surface area contributed by atoms with Gasteiger partial charge in [-0.3, -0.25) is 9.89 Å². The molecule has 1 heterocycles. The number of nitrogens with one attached hydrogen (secondary N) is 2. The highest BCUT2D eigenvalue weighted by molar-refractivity contribution is 5.77. The fraction of sp³-hybridized carbons (Fsp3) is 0.429. The van der Waals surface area contributed by atoms with Crippen molar-refractivity contribution in [2.24, 2.45) is 0 Å². The van der Waals surface area contributed by atoms with Crippen LogP contribution in [0, 0.1) is 0 Å². The van der Waals surface area contributed by atoms with Gasteiger partial charge in [0, 0.05) is 13.3 Å². The van der Waals surface area contributed by atoms with Gasteiger partial charge >= 0.3 is 0 Å². The molecule has 0 spiro atoms. The Bertz CT molecular complexity index is 233. The van der Waals surface area contributed by atoms with E-state index in [1.807, 2.05) is 0 Å². The minimum Gasteiger partial charge on any atom is -0.375 e. The number of H-pyrrole nitrogens is 1. The van der Waals surface area contributed by atoms with Gasteiger partial charge in [-0.1, -0.05) is 0 Å². The molecular formula is C7H11N3O2. The summed E-state index contributed by atoms with van der Waals surface area (Å²) in [5.74, 6) is -0.132. The van der Waals surface area contributed by atoms with Gasteiger partial charge in [-0.15, -0.1) is 0 Å². The molecule has 0 saturated heterocycles. The normalized spacial score (nSPS) is 9.75. The monoisotopic (exact) mass is 169 g/mol. The average molecular weight is 169 g/mol. The summed E-state index contributed by atoms with van der Waals surface area (Å²) < 4.78 is 4.64. The molecule has 1 aromatic rings. The van der Waals surface area contributed by atoms with E-state index in [1.54, 1.807) is 12.3 Å². The molecule has 1 aromatic heterocycles. The maximum absolute atomic E-state index is 10.9. The van der Waals surface area contributed by atoms with Crippen LogP contribution in [0.5, 0.6) is 0 Å². The fourth-order valence-electron chi connectivity index (χ4n) is 0.759. The van der Waals surface area contributed by atoms with Gasteiger partial charge in [0.1, 0.15) is 6.61 Å². The number of hydrogen-bond acceptors (Lipinski definition) is 3. The molecule has 66 valence electrons. The Morgan fingerprint density at radius 1 is 1.83 bits per heavy atom. The van der Waals surface area contributed by atoms with E-state index >= 15 is 0 Å². The number of carbonyl (C=O) groups is 1. The lowest BCUT2D eigenvalue weighted by Crippen LogP contribution is -2.26. The molecule has 1 rings (SSSR count). The van der Waals surface area contributed by atoms with Crippen LogP contribution in [0.25, 0.3) is 0 Å². The number of methoxy groups -OCH3 is 1. The van der Waals surface area contributed by atoms with Crippen LogP contribution in [0.2, 0.25) is 0 Å². The molecular weight excluding hydrogens is 158 g/mol. The minimum atomic E-state index is -0.132. The number of amides is 1. The Hall–Kier alpha value is -1.36. The molecule has 2 N–H and O–H groups in total. The summed E-state index contributed by atoms with van der Waals surface area (Å²) in [7, 11) is 1.48. The van der Waals surface area contributed by atoms with Crippen molar-refractivity contribution in [2.75, 3.05) is 13.7 Å². The highest BCUT2D eigenvalue weighted by Gasteiger charge is 1.99. The number of aromatic nitrogens is 2. The lowest BCUT2D eigenvalue weighted by atomic mass is 10.4. The van der Waals surface area contributed by atoms with Crippen LogP contribution >= 0.6 is 0 Å². The van der Waals surface area contributed by atoms with Gasteiger partial charge in [0.2, 0.25) is 5.91 Å². The third-order valence-corrected chi connectivity index (χ3v) is 1.31. The summed E-state index contributed by atoms with van der Waals surface area (Å²) in [6, 6.07) is 1.80. The number of carbonyl (C=O) groups excluding carboxylic acids is 1. The quantitative estimate of drug-likeness (QED) is 0.648. The molecule has 0 aliphatic carbocycles. The van der Waals surface area contributed by atoms with E-state index in [2.05, 4.69) is 20.3 Å². The van der Waals surface area contributed by atoms with Gasteiger partial charge in [-0.2, -0.15) is 5.10 Å². The highest BCUT2D eigenvalue weighted by Crippen LogP contribution is 1.89. The van der Waals surface area contributed by atoms with Crippen molar-refractivity contribution in [2.45, 2.75) is 6.54 Å². The summed E-state index contributed by atoms with van der Waals surface area (Å²) in [5.41, 5.74) is 0.874. The first kappa shape index (κ1) is 8.73. The van der Waals surface area contributed by atoms with E-state index in [0.717, 1.165) is 5.69 Å². The van der Waals surface area contributed by atoms with Crippen molar-refractivity contribution < 1.29 is 9.53 Å². The highest BCUT2D eigenvalue weighted by atomic mass is 16.5. The average Bonchev–Trinajstić information content (AvgIpc) is 2.53. The van der Waals surface area contributed by atoms with E-state index in [-0.39, 0.29) is 12.5 Å². The lowest BCUT2D eigenvalue weighted by molar-refractivity contribution is -0.124. The summed E-state index contributed by atoms with van der Waals surface area (Å²) >= 11 is 0. The molecule has 0 radical (unpaired) electrons. The zero-order valence-electron chi connectivity index (χ0n) is 6.83. The first-order valence-corrected chi connectivity index (χ1v) is 3.57. The summed E-state index contributed by atoms with van der Waals surface area (Å²) in [5, 5.41) is 9.12. The van der Waals surface area contributed by atoms with Crippen molar-refractivity contribution in [3.63, 3.8) is 0 Å². The maximum atomic E-state index is 10.9. The van der Waals surface area contributed by atoms with E-state index < -0.39 is 0 Å². The molecule has 0 aliphatic heterocycles. The van der Waals surface area contributed by atoms with Gasteiger partial charge in [-0.05, 0) is 6.07 Å². The second-order valence-electron chi connectivity index (χ2n) is 2.29. The van der Waals surface area contributed by atoms with Gasteiger partial charge < -0.3 is 10.1 Å². The maximum Gasteiger partial charge on any atom is 0.246 e. The van der Waals surface area contributed by atoms with E-state index in [1.165, 1.54) is 7.11 Å². The van der Waals surface area contributed by atoms with Crippen molar-refractivity contribution in [1.82, 2.24) is 15.5 Å². The Balaban J connectivity index is 2.22. The first-order chi connectivity index (χ1) is 5.83. The van der Waals surface area contributed by atoms with E-state index in [9.17, 15) is 4.79 Å². The molecule has 0 unspecified atom stereocenters. The molecule has 5 nitrogen and oxygen atoms in total. The smallest absolute Gasteiger partial charge is 0.246 e. The van der Waals surface area contributed by atoms with Crippen LogP contribution in [0.15, 0.2) is 12.3 Å². The summed E-state index contributed by atoms with van der Waals surface area (Å²) in [4.78, 5) is 10.9. The molecule has 0 aliphatic rings. The second kappa shape index (κ2) is 4.50. The SMILES string of the molecule is COCC(=O)NCc1ccn[nH]1. The lowest BCUT2D eigenvalue weighted by Gasteiger charge is -2.01. The van der Waals surface area contributed by atoms with Crippen molar-refractivity contribution in [3.8, 4) is 0 Å². The Kier molecular flexibility index (Phi) is 3.28. The van der Waals surface area contributed by atoms with Crippen molar-refractivity contribution in [3.05, 3.63) is 18.0 Å². The zero-order valence-corrected chi connectivity index (χ0v) is 6.83. The third-order valence-electron chi connectivity index (χ3n) is 1.31. The van der Waals surface area contributed by atoms with E-state index in [0.29, 0.717) is 6.54 Å². The molecule has 0 saturated carbocycles. The van der Waals surface area contributed by atoms with Crippen LogP contribution in [0.1, 0.15) is 5.69 Å². The Morgan fingerprint density at radius 3 is 3.25 bits per heavy atom. The van der Waals surface area contributed by atoms with Crippen LogP contribution in [0.4, 0.5) is 0 Å². The Morgan fingerprint density at radius 2 is 2.67 bits per heavy atom. The standard InChI is InChI=1S/C7H11N3O2/c1-12-5-7(11)8-4-6-2-3-9-10-6/h2-3H,4-5H2,1H3,(H,8,11)(H,9,10). The number of nitrogens with zero attached hydrogens (tertiary/aromatic N) is 1. The molecule has 0 aromatic carbocycles. The molecule has 0 atom stereocenters. The molecule has 0 fully saturated rings. The summed E-state index contributed by atoms with van der Waals surface area (Å²) in [6.07, 6.45) is 1.64. The van der Waals surface area contributed by atoms with Crippen molar-refractivity contribution in [1.29, 1.82) is 0 Å². The molecule has 12 heavy (non-hydrogen) atoms. The Labute approximate surface area is 70.1 Å². The number of rotatable bonds is 4. The molecule has 0 bridgehead atoms. The summed E-state index contributed by atoms with van der Waals surface area (Å²) in [6.45, 7) is 0.552. The largest absolute Gasteiger partial charge is 0.375 e. The van der Waals surface area contributed by atoms with Gasteiger partial charge in [-0.25, -0.2) is 0 Å². The predicted molar refractivity (Wildman–Crippen MR) is 42.3 cm³/mol. The second-order valence-corrected chi connectivity index (χ2v) is 2.29. The first-order valence-electron chi connectivity index (χ1n) is 3.57. The van der Waals surface area contributed by atoms with Crippen molar-refractivity contribution >= 4 is 5.91 Å². The van der Waals surface area contributed by atoms with Gasteiger partial charge in [0.25, 0.3) is 0 Å².